The third kappa shape index (κ3) is 7.67. The number of anilines is 2. The first kappa shape index (κ1) is 24.3. The Morgan fingerprint density at radius 1 is 1.00 bits per heavy atom. The molecule has 158 valence electrons. The number of benzene rings is 2. The number of nitrogens with two attached hydrogens (primary N) is 1. The molecule has 0 fully saturated rings. The van der Waals surface area contributed by atoms with Gasteiger partial charge in [-0.3, -0.25) is 4.79 Å². The van der Waals surface area contributed by atoms with Crippen LogP contribution in [0.3, 0.4) is 0 Å². The molecule has 6 nitrogen and oxygen atoms in total. The molecule has 0 aliphatic heterocycles. The van der Waals surface area contributed by atoms with Gasteiger partial charge in [-0.1, -0.05) is 0 Å². The van der Waals surface area contributed by atoms with E-state index in [1.54, 1.807) is 0 Å². The molecular weight excluding hydrogens is 521 g/mol. The summed E-state index contributed by atoms with van der Waals surface area (Å²) in [7, 11) is 0. The van der Waals surface area contributed by atoms with Crippen LogP contribution < -0.4 is 21.1 Å². The van der Waals surface area contributed by atoms with E-state index >= 15 is 0 Å². The smallest absolute Gasteiger partial charge is 0.406 e. The summed E-state index contributed by atoms with van der Waals surface area (Å²) in [6.45, 7) is -0.591. The molecule has 2 aromatic carbocycles. The quantitative estimate of drug-likeness (QED) is 0.178. The number of halogens is 7. The van der Waals surface area contributed by atoms with Gasteiger partial charge in [-0.25, -0.2) is 18.2 Å². The zero-order valence-corrected chi connectivity index (χ0v) is 16.5. The van der Waals surface area contributed by atoms with Crippen LogP contribution in [-0.2, 0) is 4.79 Å². The van der Waals surface area contributed by atoms with E-state index in [9.17, 15) is 31.1 Å². The summed E-state index contributed by atoms with van der Waals surface area (Å²) in [4.78, 5) is 15.3. The fourth-order valence-corrected chi connectivity index (χ4v) is 1.90. The monoisotopic (exact) mass is 534 g/mol. The Balaban J connectivity index is 0.00000420. The van der Waals surface area contributed by atoms with Crippen LogP contribution >= 0.6 is 24.0 Å². The third-order valence-electron chi connectivity index (χ3n) is 3.06. The molecule has 0 aliphatic rings. The Labute approximate surface area is 177 Å². The van der Waals surface area contributed by atoms with Gasteiger partial charge in [-0.15, -0.1) is 37.1 Å². The summed E-state index contributed by atoms with van der Waals surface area (Å²) in [5, 5.41) is 4.50. The van der Waals surface area contributed by atoms with Gasteiger partial charge in [0.2, 0.25) is 5.91 Å². The summed E-state index contributed by atoms with van der Waals surface area (Å²) in [5.74, 6) is -6.30. The Morgan fingerprint density at radius 2 is 1.62 bits per heavy atom. The molecule has 0 aliphatic carbocycles. The van der Waals surface area contributed by atoms with Crippen LogP contribution in [0.5, 0.6) is 5.75 Å². The second-order valence-electron chi connectivity index (χ2n) is 5.17. The molecule has 0 spiro atoms. The zero-order chi connectivity index (χ0) is 20.9. The van der Waals surface area contributed by atoms with Crippen molar-refractivity contribution in [2.45, 2.75) is 6.36 Å². The Kier molecular flexibility index (Phi) is 8.54. The summed E-state index contributed by atoms with van der Waals surface area (Å²) < 4.78 is 79.3. The normalized spacial score (nSPS) is 11.4. The van der Waals surface area contributed by atoms with E-state index in [0.29, 0.717) is 6.07 Å². The van der Waals surface area contributed by atoms with Gasteiger partial charge in [0.15, 0.2) is 23.4 Å². The predicted molar refractivity (Wildman–Crippen MR) is 104 cm³/mol. The molecule has 2 aromatic rings. The van der Waals surface area contributed by atoms with Crippen molar-refractivity contribution < 1.29 is 35.9 Å². The topological polar surface area (TPSA) is 88.7 Å². The van der Waals surface area contributed by atoms with Crippen LogP contribution in [0.25, 0.3) is 0 Å². The minimum atomic E-state index is -4.82. The SMILES string of the molecule is I.NC(=NCC(=O)Nc1ccc(F)c(F)c1F)Nc1ccc(OC(F)(F)F)cc1. The number of alkyl halides is 3. The van der Waals surface area contributed by atoms with Gasteiger partial charge in [0.25, 0.3) is 0 Å². The Hall–Kier alpha value is -2.71. The number of guanidine groups is 1. The second kappa shape index (κ2) is 10.2. The molecule has 0 saturated carbocycles. The molecule has 0 atom stereocenters. The molecule has 13 heteroatoms. The van der Waals surface area contributed by atoms with Crippen molar-refractivity contribution in [1.82, 2.24) is 0 Å². The lowest BCUT2D eigenvalue weighted by Crippen LogP contribution is -2.25. The number of hydrogen-bond donors (Lipinski definition) is 3. The second-order valence-corrected chi connectivity index (χ2v) is 5.17. The van der Waals surface area contributed by atoms with Crippen LogP contribution in [-0.4, -0.2) is 24.8 Å². The van der Waals surface area contributed by atoms with Gasteiger partial charge >= 0.3 is 6.36 Å². The minimum absolute atomic E-state index is 0. The summed E-state index contributed by atoms with van der Waals surface area (Å²) in [6, 6.07) is 5.98. The predicted octanol–water partition coefficient (Wildman–Crippen LogP) is 3.99. The van der Waals surface area contributed by atoms with Crippen LogP contribution in [0.1, 0.15) is 0 Å². The van der Waals surface area contributed by atoms with E-state index in [1.807, 2.05) is 5.32 Å². The molecule has 0 saturated heterocycles. The van der Waals surface area contributed by atoms with Crippen molar-refractivity contribution in [3.8, 4) is 5.75 Å². The van der Waals surface area contributed by atoms with Gasteiger partial charge in [0.05, 0.1) is 5.69 Å². The van der Waals surface area contributed by atoms with E-state index in [0.717, 1.165) is 18.2 Å². The highest BCUT2D eigenvalue weighted by Gasteiger charge is 2.30. The summed E-state index contributed by atoms with van der Waals surface area (Å²) in [5.41, 5.74) is 5.20. The number of amides is 1. The highest BCUT2D eigenvalue weighted by molar-refractivity contribution is 14.0. The number of carbonyl (C=O) groups is 1. The molecule has 2 rings (SSSR count). The molecule has 0 unspecified atom stereocenters. The molecule has 1 amide bonds. The van der Waals surface area contributed by atoms with E-state index in [-0.39, 0.29) is 35.6 Å². The zero-order valence-electron chi connectivity index (χ0n) is 14.2. The fraction of sp³-hybridized carbons (Fsp3) is 0.125. The number of nitrogens with one attached hydrogen (secondary N) is 2. The van der Waals surface area contributed by atoms with Gasteiger partial charge in [-0.2, -0.15) is 0 Å². The van der Waals surface area contributed by atoms with E-state index < -0.39 is 47.7 Å². The maximum Gasteiger partial charge on any atom is 0.573 e. The number of rotatable bonds is 5. The minimum Gasteiger partial charge on any atom is -0.406 e. The first-order valence-electron chi connectivity index (χ1n) is 7.41. The number of nitrogens with zero attached hydrogens (tertiary/aromatic N) is 1. The molecular formula is C16H13F6IN4O2. The lowest BCUT2D eigenvalue weighted by molar-refractivity contribution is -0.274. The molecule has 0 radical (unpaired) electrons. The fourth-order valence-electron chi connectivity index (χ4n) is 1.90. The van der Waals surface area contributed by atoms with Crippen molar-refractivity contribution in [3.63, 3.8) is 0 Å². The first-order valence-corrected chi connectivity index (χ1v) is 7.41. The maximum absolute atomic E-state index is 13.5. The first-order chi connectivity index (χ1) is 13.0. The Morgan fingerprint density at radius 3 is 2.21 bits per heavy atom. The third-order valence-corrected chi connectivity index (χ3v) is 3.06. The van der Waals surface area contributed by atoms with Crippen molar-refractivity contribution in [2.24, 2.45) is 10.7 Å². The van der Waals surface area contributed by atoms with Crippen LogP contribution in [0.2, 0.25) is 0 Å². The number of hydrogen-bond acceptors (Lipinski definition) is 3. The number of carbonyl (C=O) groups excluding carboxylic acids is 1. The van der Waals surface area contributed by atoms with E-state index in [1.165, 1.54) is 12.1 Å². The maximum atomic E-state index is 13.5. The van der Waals surface area contributed by atoms with E-state index in [4.69, 9.17) is 5.73 Å². The molecule has 0 aromatic heterocycles. The average Bonchev–Trinajstić information content (AvgIpc) is 2.61. The summed E-state index contributed by atoms with van der Waals surface area (Å²) >= 11 is 0. The van der Waals surface area contributed by atoms with Gasteiger partial charge in [0.1, 0.15) is 12.3 Å². The standard InChI is InChI=1S/C16H12F6N4O2.HI/c17-10-5-6-11(14(19)13(10)18)26-12(27)7-24-15(23)25-8-1-3-9(4-2-8)28-16(20,21)22;/h1-6H,7H2,(H,26,27)(H3,23,24,25);1H. The highest BCUT2D eigenvalue weighted by Crippen LogP contribution is 2.24. The lowest BCUT2D eigenvalue weighted by atomic mass is 10.3. The van der Waals surface area contributed by atoms with Gasteiger partial charge in [-0.05, 0) is 36.4 Å². The van der Waals surface area contributed by atoms with Crippen molar-refractivity contribution in [2.75, 3.05) is 17.2 Å². The number of ether oxygens (including phenoxy) is 1. The molecule has 0 heterocycles. The van der Waals surface area contributed by atoms with Crippen molar-refractivity contribution in [3.05, 3.63) is 53.8 Å². The van der Waals surface area contributed by atoms with Gasteiger partial charge < -0.3 is 21.1 Å². The van der Waals surface area contributed by atoms with Crippen molar-refractivity contribution in [1.29, 1.82) is 0 Å². The van der Waals surface area contributed by atoms with Crippen LogP contribution in [0.4, 0.5) is 37.7 Å². The molecule has 4 N–H and O–H groups in total. The average molecular weight is 534 g/mol. The molecule has 29 heavy (non-hydrogen) atoms. The lowest BCUT2D eigenvalue weighted by Gasteiger charge is -2.10. The largest absolute Gasteiger partial charge is 0.573 e. The molecule has 0 bridgehead atoms. The summed E-state index contributed by atoms with van der Waals surface area (Å²) in [6.07, 6.45) is -4.82. The number of aliphatic imine (C=N–C) groups is 1. The van der Waals surface area contributed by atoms with Crippen molar-refractivity contribution >= 4 is 47.2 Å². The van der Waals surface area contributed by atoms with Crippen LogP contribution in [0, 0.1) is 17.5 Å². The van der Waals surface area contributed by atoms with E-state index in [2.05, 4.69) is 15.0 Å². The van der Waals surface area contributed by atoms with Crippen LogP contribution in [0.15, 0.2) is 41.4 Å². The van der Waals surface area contributed by atoms with Gasteiger partial charge in [0, 0.05) is 5.69 Å². The highest BCUT2D eigenvalue weighted by atomic mass is 127. The Bertz CT molecular complexity index is 890.